The molecule has 2 fully saturated rings. The van der Waals surface area contributed by atoms with E-state index in [-0.39, 0.29) is 5.60 Å². The third-order valence-corrected chi connectivity index (χ3v) is 6.47. The van der Waals surface area contributed by atoms with E-state index in [0.29, 0.717) is 11.5 Å². The minimum atomic E-state index is -0.556. The number of hydrogen-bond donors (Lipinski definition) is 3. The van der Waals surface area contributed by atoms with E-state index in [0.717, 1.165) is 41.7 Å². The highest BCUT2D eigenvalue weighted by molar-refractivity contribution is 5.80. The molecule has 6 nitrogen and oxygen atoms in total. The molecule has 3 aliphatic rings. The van der Waals surface area contributed by atoms with Gasteiger partial charge in [-0.25, -0.2) is 5.43 Å². The molecule has 1 aliphatic carbocycles. The molecular weight excluding hydrogens is 362 g/mol. The first-order chi connectivity index (χ1) is 14.0. The summed E-state index contributed by atoms with van der Waals surface area (Å²) >= 11 is 0. The van der Waals surface area contributed by atoms with E-state index in [4.69, 9.17) is 10.1 Å². The number of hydrogen-bond acceptors (Lipinski definition) is 4. The standard InChI is InChI=1S/C23H25N5O/c1-28-21(25)26-23(27-28)15-22(10-3-2-4-11-22)29-20-9-8-18(13-19(20)23)17-7-5-6-16(12-17)14-24/h5-9,12-13,27H,2-4,10-11,15H2,1H3,(H2,25,26). The second-order valence-electron chi connectivity index (χ2n) is 8.48. The minimum absolute atomic E-state index is 0.195. The van der Waals surface area contributed by atoms with Gasteiger partial charge in [-0.3, -0.25) is 10.4 Å². The molecule has 1 atom stereocenters. The predicted octanol–water partition coefficient (Wildman–Crippen LogP) is 3.84. The second-order valence-corrected chi connectivity index (χ2v) is 8.48. The van der Waals surface area contributed by atoms with Crippen LogP contribution in [0.4, 0.5) is 0 Å². The third-order valence-electron chi connectivity index (χ3n) is 6.47. The van der Waals surface area contributed by atoms with Crippen molar-refractivity contribution < 1.29 is 4.74 Å². The van der Waals surface area contributed by atoms with Gasteiger partial charge in [0.15, 0.2) is 0 Å². The van der Waals surface area contributed by atoms with Gasteiger partial charge in [0.05, 0.1) is 11.6 Å². The number of nitrogens with one attached hydrogen (secondary N) is 3. The van der Waals surface area contributed by atoms with Gasteiger partial charge in [-0.05, 0) is 61.1 Å². The molecule has 148 valence electrons. The lowest BCUT2D eigenvalue weighted by molar-refractivity contribution is -0.0331. The van der Waals surface area contributed by atoms with Gasteiger partial charge in [0.25, 0.3) is 0 Å². The quantitative estimate of drug-likeness (QED) is 0.692. The van der Waals surface area contributed by atoms with Crippen LogP contribution in [0, 0.1) is 16.7 Å². The van der Waals surface area contributed by atoms with E-state index < -0.39 is 5.66 Å². The van der Waals surface area contributed by atoms with Crippen molar-refractivity contribution in [3.8, 4) is 22.9 Å². The minimum Gasteiger partial charge on any atom is -0.487 e. The molecule has 5 rings (SSSR count). The molecule has 2 aliphatic heterocycles. The molecule has 0 aromatic heterocycles. The lowest BCUT2D eigenvalue weighted by atomic mass is 9.74. The highest BCUT2D eigenvalue weighted by Crippen LogP contribution is 2.49. The molecule has 1 unspecified atom stereocenters. The van der Waals surface area contributed by atoms with E-state index in [1.165, 1.54) is 19.3 Å². The maximum Gasteiger partial charge on any atom is 0.207 e. The van der Waals surface area contributed by atoms with Crippen LogP contribution in [0.15, 0.2) is 42.5 Å². The Bertz CT molecular complexity index is 1020. The van der Waals surface area contributed by atoms with E-state index in [1.807, 2.05) is 37.4 Å². The van der Waals surface area contributed by atoms with Crippen LogP contribution in [-0.4, -0.2) is 23.6 Å². The summed E-state index contributed by atoms with van der Waals surface area (Å²) in [7, 11) is 1.87. The fourth-order valence-electron chi connectivity index (χ4n) is 5.09. The number of benzene rings is 2. The maximum absolute atomic E-state index is 9.25. The van der Waals surface area contributed by atoms with Crippen LogP contribution in [0.2, 0.25) is 0 Å². The summed E-state index contributed by atoms with van der Waals surface area (Å²) in [6.07, 6.45) is 6.48. The monoisotopic (exact) mass is 387 g/mol. The molecule has 1 saturated heterocycles. The molecule has 0 radical (unpaired) electrons. The van der Waals surface area contributed by atoms with Crippen molar-refractivity contribution >= 4 is 5.96 Å². The summed E-state index contributed by atoms with van der Waals surface area (Å²) in [5.41, 5.74) is 6.46. The van der Waals surface area contributed by atoms with Crippen molar-refractivity contribution in [1.82, 2.24) is 15.8 Å². The van der Waals surface area contributed by atoms with Crippen molar-refractivity contribution in [2.75, 3.05) is 7.05 Å². The Labute approximate surface area is 171 Å². The molecule has 2 spiro atoms. The van der Waals surface area contributed by atoms with Gasteiger partial charge in [-0.1, -0.05) is 24.6 Å². The molecule has 0 bridgehead atoms. The Kier molecular flexibility index (Phi) is 4.04. The van der Waals surface area contributed by atoms with Crippen LogP contribution in [-0.2, 0) is 5.66 Å². The summed E-state index contributed by atoms with van der Waals surface area (Å²) in [5, 5.41) is 22.7. The van der Waals surface area contributed by atoms with E-state index in [2.05, 4.69) is 28.9 Å². The van der Waals surface area contributed by atoms with Crippen LogP contribution < -0.4 is 15.5 Å². The maximum atomic E-state index is 9.25. The van der Waals surface area contributed by atoms with Crippen LogP contribution in [0.3, 0.4) is 0 Å². The van der Waals surface area contributed by atoms with E-state index >= 15 is 0 Å². The lowest BCUT2D eigenvalue weighted by Gasteiger charge is -2.48. The number of nitriles is 1. The second kappa shape index (κ2) is 6.50. The van der Waals surface area contributed by atoms with Crippen molar-refractivity contribution in [2.24, 2.45) is 0 Å². The highest BCUT2D eigenvalue weighted by atomic mass is 16.5. The van der Waals surface area contributed by atoms with Crippen molar-refractivity contribution in [3.05, 3.63) is 53.6 Å². The summed E-state index contributed by atoms with van der Waals surface area (Å²) in [6, 6.07) is 16.1. The number of hydrazine groups is 1. The number of rotatable bonds is 1. The van der Waals surface area contributed by atoms with Gasteiger partial charge in [-0.2, -0.15) is 5.26 Å². The smallest absolute Gasteiger partial charge is 0.207 e. The van der Waals surface area contributed by atoms with Crippen LogP contribution in [0.1, 0.15) is 49.7 Å². The number of ether oxygens (including phenoxy) is 1. The highest BCUT2D eigenvalue weighted by Gasteiger charge is 2.53. The Hall–Kier alpha value is -3.04. The SMILES string of the molecule is CN1NC2(CC3(CCCCC3)Oc3ccc(-c4cccc(C#N)c4)cc32)NC1=N. The van der Waals surface area contributed by atoms with Crippen molar-refractivity contribution in [2.45, 2.75) is 49.8 Å². The van der Waals surface area contributed by atoms with Crippen LogP contribution >= 0.6 is 0 Å². The molecule has 6 heteroatoms. The number of fused-ring (bicyclic) bond motifs is 2. The molecular formula is C23H25N5O. The molecule has 2 heterocycles. The normalized spacial score (nSPS) is 24.7. The third kappa shape index (κ3) is 2.93. The molecule has 2 aromatic carbocycles. The molecule has 0 amide bonds. The summed E-state index contributed by atoms with van der Waals surface area (Å²) in [5.74, 6) is 1.24. The topological polar surface area (TPSA) is 84.2 Å². The molecule has 29 heavy (non-hydrogen) atoms. The zero-order valence-corrected chi connectivity index (χ0v) is 16.6. The van der Waals surface area contributed by atoms with Gasteiger partial charge >= 0.3 is 0 Å². The first-order valence-corrected chi connectivity index (χ1v) is 10.2. The summed E-state index contributed by atoms with van der Waals surface area (Å²) < 4.78 is 6.63. The average molecular weight is 387 g/mol. The largest absolute Gasteiger partial charge is 0.487 e. The van der Waals surface area contributed by atoms with Crippen LogP contribution in [0.5, 0.6) is 5.75 Å². The Morgan fingerprint density at radius 2 is 1.90 bits per heavy atom. The first-order valence-electron chi connectivity index (χ1n) is 10.2. The fraction of sp³-hybridized carbons (Fsp3) is 0.391. The van der Waals surface area contributed by atoms with Gasteiger partial charge in [0.2, 0.25) is 5.96 Å². The zero-order chi connectivity index (χ0) is 20.1. The molecule has 2 aromatic rings. The number of guanidine groups is 1. The van der Waals surface area contributed by atoms with Crippen LogP contribution in [0.25, 0.3) is 11.1 Å². The predicted molar refractivity (Wildman–Crippen MR) is 111 cm³/mol. The van der Waals surface area contributed by atoms with Gasteiger partial charge < -0.3 is 10.1 Å². The van der Waals surface area contributed by atoms with Crippen molar-refractivity contribution in [3.63, 3.8) is 0 Å². The Morgan fingerprint density at radius 3 is 2.62 bits per heavy atom. The lowest BCUT2D eigenvalue weighted by Crippen LogP contribution is -2.58. The summed E-state index contributed by atoms with van der Waals surface area (Å²) in [6.45, 7) is 0. The molecule has 1 saturated carbocycles. The van der Waals surface area contributed by atoms with Gasteiger partial charge in [0, 0.05) is 19.0 Å². The number of nitrogens with zero attached hydrogens (tertiary/aromatic N) is 2. The molecule has 3 N–H and O–H groups in total. The van der Waals surface area contributed by atoms with Crippen molar-refractivity contribution in [1.29, 1.82) is 10.7 Å². The Morgan fingerprint density at radius 1 is 1.10 bits per heavy atom. The average Bonchev–Trinajstić information content (AvgIpc) is 3.01. The zero-order valence-electron chi connectivity index (χ0n) is 16.6. The van der Waals surface area contributed by atoms with Gasteiger partial charge in [0.1, 0.15) is 17.0 Å². The first kappa shape index (κ1) is 18.0. The summed E-state index contributed by atoms with van der Waals surface area (Å²) in [4.78, 5) is 0. The Balaban J connectivity index is 1.62. The van der Waals surface area contributed by atoms with E-state index in [9.17, 15) is 5.26 Å². The fourth-order valence-corrected chi connectivity index (χ4v) is 5.09. The van der Waals surface area contributed by atoms with Gasteiger partial charge in [-0.15, -0.1) is 0 Å². The van der Waals surface area contributed by atoms with E-state index in [1.54, 1.807) is 5.01 Å².